The Kier molecular flexibility index (Phi) is 26.7. The molecule has 75 heavy (non-hydrogen) atoms. The molecule has 0 spiro atoms. The molecule has 416 valence electrons. The summed E-state index contributed by atoms with van der Waals surface area (Å²) in [5, 5.41) is 8.21. The highest BCUT2D eigenvalue weighted by Gasteiger charge is 2.45. The van der Waals surface area contributed by atoms with Crippen molar-refractivity contribution in [3.8, 4) is 5.75 Å². The molecular weight excluding hydrogens is 1080 g/mol. The Hall–Kier alpha value is -4.56. The summed E-state index contributed by atoms with van der Waals surface area (Å²) in [5.41, 5.74) is 8.15. The van der Waals surface area contributed by atoms with Gasteiger partial charge in [-0.15, -0.1) is 11.6 Å². The lowest BCUT2D eigenvalue weighted by atomic mass is 9.93. The van der Waals surface area contributed by atoms with E-state index < -0.39 is 60.1 Å². The molecule has 1 fully saturated rings. The number of ether oxygens (including phenoxy) is 4. The molecule has 3 heterocycles. The monoisotopic (exact) mass is 1150 g/mol. The van der Waals surface area contributed by atoms with Gasteiger partial charge in [0.1, 0.15) is 47.8 Å². The number of carboxylic acids is 1. The van der Waals surface area contributed by atoms with Gasteiger partial charge in [-0.1, -0.05) is 79.7 Å². The summed E-state index contributed by atoms with van der Waals surface area (Å²) in [6.07, 6.45) is 7.56. The number of imide groups is 1. The molecule has 1 saturated heterocycles. The number of carbonyl (C=O) groups excluding carboxylic acids is 5. The third kappa shape index (κ3) is 19.4. The third-order valence-corrected chi connectivity index (χ3v) is 13.7. The van der Waals surface area contributed by atoms with Gasteiger partial charge in [0, 0.05) is 36.6 Å². The van der Waals surface area contributed by atoms with Crippen molar-refractivity contribution in [2.24, 2.45) is 5.73 Å². The number of halogens is 5. The number of nitrogens with zero attached hydrogens (tertiary/aromatic N) is 3. The molecule has 1 aliphatic carbocycles. The summed E-state index contributed by atoms with van der Waals surface area (Å²) in [7, 11) is -3.10. The molecule has 2 aliphatic heterocycles. The maximum absolute atomic E-state index is 14.5. The van der Waals surface area contributed by atoms with E-state index in [2.05, 4.69) is 6.92 Å². The van der Waals surface area contributed by atoms with E-state index in [4.69, 9.17) is 85.5 Å². The SMILES string of the molecule is CC1(C)OC(c2ccco2)CN1C(=O)C(Cl)Cl.CCCCCOC(=O)COc1cc(N2C(=O)C3=C(CCCC3)C2=O)c(F)cc1Cl.CCOCN(C(=O)CCl)c1c(C)cccc1CC.CP(=O)(O)CCC(N)C(=O)O. The van der Waals surface area contributed by atoms with Gasteiger partial charge in [-0.2, -0.15) is 0 Å². The number of aliphatic carboxylic acids is 1. The van der Waals surface area contributed by atoms with E-state index in [0.717, 1.165) is 66.3 Å². The third-order valence-electron chi connectivity index (χ3n) is 11.7. The second-order valence-corrected chi connectivity index (χ2v) is 22.2. The Morgan fingerprint density at radius 3 is 2.21 bits per heavy atom. The Morgan fingerprint density at radius 1 is 1.03 bits per heavy atom. The van der Waals surface area contributed by atoms with Gasteiger partial charge < -0.3 is 44.0 Å². The van der Waals surface area contributed by atoms with Gasteiger partial charge in [0.15, 0.2) is 18.8 Å². The van der Waals surface area contributed by atoms with Gasteiger partial charge in [-0.25, -0.2) is 14.1 Å². The van der Waals surface area contributed by atoms with E-state index >= 15 is 0 Å². The number of amides is 4. The number of alkyl halides is 3. The topological polar surface area (TPSA) is 246 Å². The van der Waals surface area contributed by atoms with Crippen molar-refractivity contribution in [2.75, 3.05) is 61.6 Å². The van der Waals surface area contributed by atoms with Crippen molar-refractivity contribution in [1.82, 2.24) is 4.90 Å². The molecule has 1 aromatic heterocycles. The average molecular weight is 1150 g/mol. The zero-order valence-corrected chi connectivity index (χ0v) is 47.1. The van der Waals surface area contributed by atoms with Crippen molar-refractivity contribution >= 4 is 101 Å². The fourth-order valence-corrected chi connectivity index (χ4v) is 9.16. The van der Waals surface area contributed by atoms with Gasteiger partial charge in [0.25, 0.3) is 17.7 Å². The summed E-state index contributed by atoms with van der Waals surface area (Å²) >= 11 is 22.9. The molecule has 4 N–H and O–H groups in total. The molecule has 3 atom stereocenters. The number of furan rings is 1. The fourth-order valence-electron chi connectivity index (χ4n) is 7.81. The molecule has 6 rings (SSSR count). The highest BCUT2D eigenvalue weighted by molar-refractivity contribution is 7.57. The number of anilines is 2. The summed E-state index contributed by atoms with van der Waals surface area (Å²) in [5.74, 6) is -3.38. The van der Waals surface area contributed by atoms with Crippen LogP contribution in [0.1, 0.15) is 109 Å². The van der Waals surface area contributed by atoms with Crippen LogP contribution in [-0.4, -0.2) is 119 Å². The molecule has 0 saturated carbocycles. The molecule has 4 amide bonds. The average Bonchev–Trinajstić information content (AvgIpc) is 4.08. The number of carbonyl (C=O) groups is 6. The first-order valence-corrected chi connectivity index (χ1v) is 28.4. The number of nitrogens with two attached hydrogens (primary N) is 1. The second kappa shape index (κ2) is 31.0. The summed E-state index contributed by atoms with van der Waals surface area (Å²) < 4.78 is 52.0. The molecule has 0 radical (unpaired) electrons. The van der Waals surface area contributed by atoms with Crippen LogP contribution < -0.4 is 20.3 Å². The largest absolute Gasteiger partial charge is 0.480 e. The standard InChI is InChI=1S/C21H23ClFNO5.C14H20ClNO2.C11H13Cl2NO3.C5H12NO4P/c1-2-3-6-9-28-19(25)12-29-18-11-17(16(23)10-15(18)22)24-20(26)13-7-4-5-8-14(13)21(24)27;1-4-12-8-6-7-11(3)14(12)16(10-18-5-2)13(17)9-15;1-11(2)14(10(15)9(12)13)6-8(17-11)7-4-3-5-16-7;1-11(9,10)3-2-4(6)5(7)8/h10-11H,2-9,12H2,1H3;6-8H,4-5,9-10H2,1-3H3;3-5,8-9H,6H2,1-2H3;4H,2-3,6H2,1H3,(H,7,8)(H,9,10). The first kappa shape index (κ1) is 64.7. The van der Waals surface area contributed by atoms with Gasteiger partial charge in [-0.3, -0.25) is 33.4 Å². The number of benzene rings is 2. The van der Waals surface area contributed by atoms with Crippen LogP contribution in [0.3, 0.4) is 0 Å². The smallest absolute Gasteiger partial charge is 0.344 e. The summed E-state index contributed by atoms with van der Waals surface area (Å²) in [6, 6.07) is 10.7. The fraction of sp³-hybridized carbons (Fsp3) is 0.529. The van der Waals surface area contributed by atoms with Crippen LogP contribution in [-0.2, 0) is 54.0 Å². The number of hydrogen-bond donors (Lipinski definition) is 3. The van der Waals surface area contributed by atoms with Crippen LogP contribution in [0.25, 0.3) is 0 Å². The quantitative estimate of drug-likeness (QED) is 0.0238. The lowest BCUT2D eigenvalue weighted by Gasteiger charge is -2.29. The lowest BCUT2D eigenvalue weighted by molar-refractivity contribution is -0.146. The van der Waals surface area contributed by atoms with Crippen molar-refractivity contribution in [2.45, 2.75) is 122 Å². The van der Waals surface area contributed by atoms with Crippen LogP contribution >= 0.6 is 53.8 Å². The number of esters is 1. The highest BCUT2D eigenvalue weighted by atomic mass is 35.5. The van der Waals surface area contributed by atoms with Crippen molar-refractivity contribution < 1.29 is 71.1 Å². The Balaban J connectivity index is 0.000000280. The second-order valence-electron chi connectivity index (χ2n) is 17.9. The molecule has 3 unspecified atom stereocenters. The minimum absolute atomic E-state index is 0.000883. The Bertz CT molecular complexity index is 2480. The van der Waals surface area contributed by atoms with E-state index in [1.165, 1.54) is 17.6 Å². The first-order valence-electron chi connectivity index (χ1n) is 24.3. The lowest BCUT2D eigenvalue weighted by Crippen LogP contribution is -2.45. The molecule has 2 aromatic carbocycles. The number of para-hydroxylation sites is 1. The van der Waals surface area contributed by atoms with Gasteiger partial charge in [-0.05, 0) is 102 Å². The van der Waals surface area contributed by atoms with Crippen LogP contribution in [0.15, 0.2) is 64.3 Å². The van der Waals surface area contributed by atoms with Crippen molar-refractivity contribution in [1.29, 1.82) is 0 Å². The van der Waals surface area contributed by atoms with Crippen LogP contribution in [0.4, 0.5) is 15.8 Å². The summed E-state index contributed by atoms with van der Waals surface area (Å²) in [6.45, 7) is 13.9. The predicted octanol–water partition coefficient (Wildman–Crippen LogP) is 9.87. The predicted molar refractivity (Wildman–Crippen MR) is 285 cm³/mol. The highest BCUT2D eigenvalue weighted by Crippen LogP contribution is 2.40. The molecule has 3 aromatic rings. The molecule has 24 heteroatoms. The van der Waals surface area contributed by atoms with Gasteiger partial charge in [0.2, 0.25) is 5.91 Å². The van der Waals surface area contributed by atoms with E-state index in [9.17, 15) is 37.7 Å². The first-order chi connectivity index (χ1) is 35.3. The minimum Gasteiger partial charge on any atom is -0.480 e. The van der Waals surface area contributed by atoms with Crippen molar-refractivity contribution in [3.05, 3.63) is 87.6 Å². The molecular formula is C51H68Cl4FN4O14P. The number of carboxylic acid groups (broad SMARTS) is 1. The van der Waals surface area contributed by atoms with Crippen LogP contribution in [0.5, 0.6) is 5.75 Å². The molecule has 0 bridgehead atoms. The van der Waals surface area contributed by atoms with Gasteiger partial charge >= 0.3 is 11.9 Å². The van der Waals surface area contributed by atoms with E-state index in [0.29, 0.717) is 49.5 Å². The zero-order chi connectivity index (χ0) is 56.2. The van der Waals surface area contributed by atoms with Crippen molar-refractivity contribution in [3.63, 3.8) is 0 Å². The van der Waals surface area contributed by atoms with E-state index in [1.54, 1.807) is 31.1 Å². The van der Waals surface area contributed by atoms with Crippen LogP contribution in [0, 0.1) is 12.7 Å². The number of unbranched alkanes of at least 4 members (excludes halogenated alkanes) is 2. The number of rotatable bonds is 20. The molecule has 18 nitrogen and oxygen atoms in total. The number of hydrogen-bond acceptors (Lipinski definition) is 13. The Labute approximate surface area is 457 Å². The van der Waals surface area contributed by atoms with E-state index in [1.807, 2.05) is 45.0 Å². The maximum Gasteiger partial charge on any atom is 0.344 e. The number of aryl methyl sites for hydroxylation is 2. The summed E-state index contributed by atoms with van der Waals surface area (Å²) in [4.78, 5) is 82.7. The Morgan fingerprint density at radius 2 is 1.68 bits per heavy atom. The van der Waals surface area contributed by atoms with Crippen LogP contribution in [0.2, 0.25) is 5.02 Å². The normalized spacial score (nSPS) is 16.9. The minimum atomic E-state index is -3.10. The zero-order valence-electron chi connectivity index (χ0n) is 43.2. The maximum atomic E-state index is 14.5. The van der Waals surface area contributed by atoms with E-state index in [-0.39, 0.29) is 59.6 Å². The van der Waals surface area contributed by atoms with Gasteiger partial charge in [0.05, 0.1) is 35.8 Å². The molecule has 3 aliphatic rings.